The zero-order valence-corrected chi connectivity index (χ0v) is 20.7. The molecule has 2 fully saturated rings. The quantitative estimate of drug-likeness (QED) is 0.453. The number of imide groups is 1. The lowest BCUT2D eigenvalue weighted by atomic mass is 9.78. The van der Waals surface area contributed by atoms with Gasteiger partial charge in [0.05, 0.1) is 24.1 Å². The smallest absolute Gasteiger partial charge is 0.324 e. The van der Waals surface area contributed by atoms with Crippen LogP contribution in [0.4, 0.5) is 0 Å². The Morgan fingerprint density at radius 2 is 1.69 bits per heavy atom. The van der Waals surface area contributed by atoms with E-state index in [9.17, 15) is 19.5 Å². The lowest BCUT2D eigenvalue weighted by Crippen LogP contribution is -2.56. The number of carbonyl (C=O) groups is 3. The summed E-state index contributed by atoms with van der Waals surface area (Å²) >= 11 is 1.52. The molecule has 3 heterocycles. The van der Waals surface area contributed by atoms with Crippen molar-refractivity contribution < 1.29 is 19.5 Å². The third-order valence-corrected chi connectivity index (χ3v) is 7.86. The summed E-state index contributed by atoms with van der Waals surface area (Å²) in [5.41, 5.74) is 1.93. The number of nitrogens with one attached hydrogen (secondary N) is 1. The van der Waals surface area contributed by atoms with E-state index in [1.165, 1.54) is 16.7 Å². The fraction of sp³-hybridized carbons (Fsp3) is 0.286. The number of aromatic nitrogens is 1. The van der Waals surface area contributed by atoms with Crippen molar-refractivity contribution in [3.8, 4) is 11.1 Å². The van der Waals surface area contributed by atoms with Gasteiger partial charge in [-0.2, -0.15) is 11.8 Å². The average molecular weight is 502 g/mol. The second-order valence-electron chi connectivity index (χ2n) is 9.22. The van der Waals surface area contributed by atoms with Crippen molar-refractivity contribution in [3.05, 3.63) is 90.3 Å². The van der Waals surface area contributed by atoms with Crippen molar-refractivity contribution >= 4 is 29.5 Å². The molecule has 2 saturated heterocycles. The molecule has 36 heavy (non-hydrogen) atoms. The minimum Gasteiger partial charge on any atom is -0.480 e. The molecule has 4 atom stereocenters. The van der Waals surface area contributed by atoms with Gasteiger partial charge in [0.1, 0.15) is 5.54 Å². The Labute approximate surface area is 213 Å². The van der Waals surface area contributed by atoms with E-state index in [1.54, 1.807) is 24.4 Å². The third kappa shape index (κ3) is 4.10. The Bertz CT molecular complexity index is 1270. The average Bonchev–Trinajstić information content (AvgIpc) is 3.39. The summed E-state index contributed by atoms with van der Waals surface area (Å²) in [6.07, 6.45) is 3.75. The summed E-state index contributed by atoms with van der Waals surface area (Å²) in [6.45, 7) is 0.0311. The fourth-order valence-electron chi connectivity index (χ4n) is 5.47. The summed E-state index contributed by atoms with van der Waals surface area (Å²) in [7, 11) is 0. The van der Waals surface area contributed by atoms with E-state index in [-0.39, 0.29) is 18.9 Å². The van der Waals surface area contributed by atoms with Crippen LogP contribution in [0, 0.1) is 11.8 Å². The first-order valence-electron chi connectivity index (χ1n) is 11.9. The van der Waals surface area contributed by atoms with E-state index >= 15 is 0 Å². The Morgan fingerprint density at radius 1 is 1.00 bits per heavy atom. The number of rotatable bonds is 8. The molecule has 2 aliphatic rings. The Morgan fingerprint density at radius 3 is 2.33 bits per heavy atom. The molecule has 0 aliphatic carbocycles. The highest BCUT2D eigenvalue weighted by molar-refractivity contribution is 7.98. The fourth-order valence-corrected chi connectivity index (χ4v) is 5.99. The molecule has 2 aromatic carbocycles. The Kier molecular flexibility index (Phi) is 6.64. The summed E-state index contributed by atoms with van der Waals surface area (Å²) < 4.78 is 0. The van der Waals surface area contributed by atoms with Gasteiger partial charge in [-0.1, -0.05) is 60.7 Å². The van der Waals surface area contributed by atoms with Gasteiger partial charge >= 0.3 is 5.97 Å². The number of nitrogens with zero attached hydrogens (tertiary/aromatic N) is 2. The molecule has 2 amide bonds. The van der Waals surface area contributed by atoms with Crippen molar-refractivity contribution in [2.75, 3.05) is 12.0 Å². The largest absolute Gasteiger partial charge is 0.480 e. The van der Waals surface area contributed by atoms with Crippen LogP contribution >= 0.6 is 11.8 Å². The molecule has 0 saturated carbocycles. The molecule has 8 heteroatoms. The number of hydrogen-bond acceptors (Lipinski definition) is 6. The van der Waals surface area contributed by atoms with Crippen molar-refractivity contribution in [1.82, 2.24) is 15.2 Å². The molecule has 184 valence electrons. The van der Waals surface area contributed by atoms with E-state index in [2.05, 4.69) is 10.3 Å². The number of hydrogen-bond donors (Lipinski definition) is 2. The normalized spacial score (nSPS) is 25.2. The monoisotopic (exact) mass is 501 g/mol. The number of carboxylic acids is 1. The van der Waals surface area contributed by atoms with Gasteiger partial charge in [-0.3, -0.25) is 29.6 Å². The topological polar surface area (TPSA) is 99.6 Å². The molecule has 0 bridgehead atoms. The van der Waals surface area contributed by atoms with E-state index in [0.29, 0.717) is 11.4 Å². The third-order valence-electron chi connectivity index (χ3n) is 7.25. The Balaban J connectivity index is 1.53. The number of likely N-dealkylation sites (tertiary alicyclic amines) is 1. The maximum Gasteiger partial charge on any atom is 0.324 e. The predicted molar refractivity (Wildman–Crippen MR) is 138 cm³/mol. The van der Waals surface area contributed by atoms with Gasteiger partial charge < -0.3 is 5.11 Å². The van der Waals surface area contributed by atoms with E-state index in [1.807, 2.05) is 60.9 Å². The molecular weight excluding hydrogens is 474 g/mol. The number of aliphatic carboxylic acids is 1. The second kappa shape index (κ2) is 9.87. The van der Waals surface area contributed by atoms with Crippen LogP contribution in [0.3, 0.4) is 0 Å². The summed E-state index contributed by atoms with van der Waals surface area (Å²) in [5, 5.41) is 13.7. The zero-order chi connectivity index (χ0) is 25.3. The molecule has 0 radical (unpaired) electrons. The molecule has 3 aromatic rings. The van der Waals surface area contributed by atoms with Gasteiger partial charge in [-0.15, -0.1) is 0 Å². The number of thioether (sulfide) groups is 1. The molecular formula is C28H27N3O4S. The van der Waals surface area contributed by atoms with Gasteiger partial charge in [0, 0.05) is 12.2 Å². The molecule has 5 rings (SSSR count). The van der Waals surface area contributed by atoms with E-state index < -0.39 is 35.3 Å². The van der Waals surface area contributed by atoms with E-state index in [4.69, 9.17) is 0 Å². The molecule has 0 spiro atoms. The van der Waals surface area contributed by atoms with Gasteiger partial charge in [0.25, 0.3) is 0 Å². The highest BCUT2D eigenvalue weighted by Gasteiger charge is 2.68. The van der Waals surface area contributed by atoms with Crippen LogP contribution in [0.5, 0.6) is 0 Å². The minimum absolute atomic E-state index is 0.0311. The summed E-state index contributed by atoms with van der Waals surface area (Å²) in [6, 6.07) is 22.4. The van der Waals surface area contributed by atoms with Crippen LogP contribution in [0.25, 0.3) is 11.1 Å². The van der Waals surface area contributed by atoms with Crippen molar-refractivity contribution in [2.45, 2.75) is 24.5 Å². The van der Waals surface area contributed by atoms with E-state index in [0.717, 1.165) is 16.7 Å². The molecule has 2 N–H and O–H groups in total. The number of carboxylic acid groups (broad SMARTS) is 1. The maximum atomic E-state index is 13.7. The van der Waals surface area contributed by atoms with Crippen molar-refractivity contribution in [3.63, 3.8) is 0 Å². The van der Waals surface area contributed by atoms with Crippen molar-refractivity contribution in [2.24, 2.45) is 11.8 Å². The summed E-state index contributed by atoms with van der Waals surface area (Å²) in [4.78, 5) is 45.6. The minimum atomic E-state index is -1.53. The van der Waals surface area contributed by atoms with Crippen LogP contribution in [-0.2, 0) is 20.9 Å². The van der Waals surface area contributed by atoms with Crippen LogP contribution in [0.1, 0.15) is 23.7 Å². The predicted octanol–water partition coefficient (Wildman–Crippen LogP) is 3.77. The van der Waals surface area contributed by atoms with Gasteiger partial charge in [-0.25, -0.2) is 0 Å². The first-order valence-corrected chi connectivity index (χ1v) is 13.3. The first-order chi connectivity index (χ1) is 17.5. The summed E-state index contributed by atoms with van der Waals surface area (Å²) in [5.74, 6) is -3.15. The van der Waals surface area contributed by atoms with Crippen LogP contribution < -0.4 is 5.32 Å². The molecule has 4 unspecified atom stereocenters. The highest BCUT2D eigenvalue weighted by Crippen LogP contribution is 2.50. The zero-order valence-electron chi connectivity index (χ0n) is 19.8. The molecule has 1 aromatic heterocycles. The lowest BCUT2D eigenvalue weighted by Gasteiger charge is -2.31. The second-order valence-corrected chi connectivity index (χ2v) is 10.2. The lowest BCUT2D eigenvalue weighted by molar-refractivity contribution is -0.151. The number of amides is 2. The SMILES string of the molecule is CSCCC1(C(=O)O)NC(c2ccc(-c3ccccc3)cc2)C2C(=O)N(Cc3ccccn3)C(=O)C21. The molecule has 2 aliphatic heterocycles. The standard InChI is InChI=1S/C28H27N3O4S/c1-36-16-14-28(27(34)35)23-22(25(32)31(26(23)33)17-21-9-5-6-15-29-21)24(30-28)20-12-10-19(11-13-20)18-7-3-2-4-8-18/h2-13,15,22-24,30H,14,16-17H2,1H3,(H,34,35). The van der Waals surface area contributed by atoms with Gasteiger partial charge in [-0.05, 0) is 47.3 Å². The van der Waals surface area contributed by atoms with Crippen molar-refractivity contribution in [1.29, 1.82) is 0 Å². The maximum absolute atomic E-state index is 13.7. The van der Waals surface area contributed by atoms with Gasteiger partial charge in [0.15, 0.2) is 0 Å². The van der Waals surface area contributed by atoms with Crippen LogP contribution in [0.15, 0.2) is 79.0 Å². The van der Waals surface area contributed by atoms with Crippen LogP contribution in [-0.4, -0.2) is 50.3 Å². The van der Waals surface area contributed by atoms with Crippen LogP contribution in [0.2, 0.25) is 0 Å². The number of fused-ring (bicyclic) bond motifs is 1. The molecule has 7 nitrogen and oxygen atoms in total. The number of benzene rings is 2. The Hall–Kier alpha value is -3.49. The number of carbonyl (C=O) groups excluding carboxylic acids is 2. The number of pyridine rings is 1. The first kappa shape index (κ1) is 24.2. The van der Waals surface area contributed by atoms with Gasteiger partial charge in [0.2, 0.25) is 11.8 Å². The highest BCUT2D eigenvalue weighted by atomic mass is 32.2.